The van der Waals surface area contributed by atoms with Gasteiger partial charge in [-0.15, -0.1) is 0 Å². The number of halogens is 1. The number of rotatable bonds is 1. The fourth-order valence-corrected chi connectivity index (χ4v) is 1.25. The SMILES string of the molecule is CCc1c[n+]([O-])c(C)cc1Cl. The van der Waals surface area contributed by atoms with Crippen LogP contribution >= 0.6 is 11.6 Å². The summed E-state index contributed by atoms with van der Waals surface area (Å²) in [7, 11) is 0. The van der Waals surface area contributed by atoms with Crippen molar-refractivity contribution in [1.29, 1.82) is 0 Å². The summed E-state index contributed by atoms with van der Waals surface area (Å²) < 4.78 is 0.838. The van der Waals surface area contributed by atoms with E-state index in [1.165, 1.54) is 6.20 Å². The van der Waals surface area contributed by atoms with E-state index in [2.05, 4.69) is 0 Å². The van der Waals surface area contributed by atoms with Gasteiger partial charge in [0.25, 0.3) is 0 Å². The molecule has 0 unspecified atom stereocenters. The molecule has 0 bridgehead atoms. The monoisotopic (exact) mass is 171 g/mol. The molecule has 0 atom stereocenters. The third-order valence-electron chi connectivity index (χ3n) is 1.64. The number of aryl methyl sites for hydroxylation is 2. The van der Waals surface area contributed by atoms with Crippen LogP contribution in [0, 0.1) is 12.1 Å². The van der Waals surface area contributed by atoms with E-state index < -0.39 is 0 Å². The molecule has 0 N–H and O–H groups in total. The van der Waals surface area contributed by atoms with Gasteiger partial charge in [0.2, 0.25) is 0 Å². The van der Waals surface area contributed by atoms with Gasteiger partial charge < -0.3 is 5.21 Å². The van der Waals surface area contributed by atoms with Crippen molar-refractivity contribution < 1.29 is 4.73 Å². The Labute approximate surface area is 71.0 Å². The summed E-state index contributed by atoms with van der Waals surface area (Å²) in [6.07, 6.45) is 2.32. The fraction of sp³-hybridized carbons (Fsp3) is 0.375. The predicted molar refractivity (Wildman–Crippen MR) is 44.5 cm³/mol. The van der Waals surface area contributed by atoms with Gasteiger partial charge in [0, 0.05) is 18.6 Å². The van der Waals surface area contributed by atoms with Crippen LogP contribution < -0.4 is 4.73 Å². The highest BCUT2D eigenvalue weighted by molar-refractivity contribution is 6.31. The van der Waals surface area contributed by atoms with Gasteiger partial charge in [-0.3, -0.25) is 0 Å². The molecule has 0 aliphatic rings. The molecule has 1 aromatic heterocycles. The Balaban J connectivity index is 3.21. The minimum absolute atomic E-state index is 0.632. The van der Waals surface area contributed by atoms with Gasteiger partial charge in [-0.05, 0) is 6.42 Å². The molecule has 0 amide bonds. The van der Waals surface area contributed by atoms with E-state index in [-0.39, 0.29) is 0 Å². The second kappa shape index (κ2) is 3.09. The Hall–Kier alpha value is -0.760. The van der Waals surface area contributed by atoms with Crippen LogP contribution in [0.5, 0.6) is 0 Å². The molecular weight excluding hydrogens is 162 g/mol. The van der Waals surface area contributed by atoms with Gasteiger partial charge in [-0.25, -0.2) is 0 Å². The maximum absolute atomic E-state index is 11.0. The molecule has 0 radical (unpaired) electrons. The van der Waals surface area contributed by atoms with Crippen molar-refractivity contribution in [3.63, 3.8) is 0 Å². The first-order chi connectivity index (χ1) is 5.15. The van der Waals surface area contributed by atoms with E-state index in [4.69, 9.17) is 11.6 Å². The molecule has 0 aliphatic carbocycles. The van der Waals surface area contributed by atoms with Crippen LogP contribution in [0.4, 0.5) is 0 Å². The third kappa shape index (κ3) is 1.63. The summed E-state index contributed by atoms with van der Waals surface area (Å²) in [5.74, 6) is 0. The summed E-state index contributed by atoms with van der Waals surface area (Å²) >= 11 is 5.85. The van der Waals surface area contributed by atoms with Gasteiger partial charge in [0.1, 0.15) is 0 Å². The topological polar surface area (TPSA) is 26.9 Å². The van der Waals surface area contributed by atoms with Crippen LogP contribution in [0.25, 0.3) is 0 Å². The van der Waals surface area contributed by atoms with Gasteiger partial charge in [0.15, 0.2) is 11.9 Å². The molecule has 60 valence electrons. The van der Waals surface area contributed by atoms with E-state index in [9.17, 15) is 5.21 Å². The smallest absolute Gasteiger partial charge is 0.191 e. The number of hydrogen-bond donors (Lipinski definition) is 0. The minimum atomic E-state index is 0.632. The second-order valence-electron chi connectivity index (χ2n) is 2.47. The van der Waals surface area contributed by atoms with Crippen molar-refractivity contribution in [2.45, 2.75) is 20.3 Å². The van der Waals surface area contributed by atoms with Crippen LogP contribution in [-0.4, -0.2) is 0 Å². The summed E-state index contributed by atoms with van der Waals surface area (Å²) in [6, 6.07) is 1.69. The van der Waals surface area contributed by atoms with Crippen molar-refractivity contribution in [2.75, 3.05) is 0 Å². The van der Waals surface area contributed by atoms with Crippen molar-refractivity contribution in [2.24, 2.45) is 0 Å². The molecule has 0 spiro atoms. The summed E-state index contributed by atoms with van der Waals surface area (Å²) in [4.78, 5) is 0. The van der Waals surface area contributed by atoms with Gasteiger partial charge in [-0.1, -0.05) is 18.5 Å². The summed E-state index contributed by atoms with van der Waals surface area (Å²) in [5.41, 5.74) is 1.53. The zero-order valence-electron chi connectivity index (χ0n) is 6.60. The molecule has 1 aromatic rings. The molecule has 2 nitrogen and oxygen atoms in total. The standard InChI is InChI=1S/C8H10ClNO/c1-3-7-5-10(11)6(2)4-8(7)9/h4-5H,3H2,1-2H3. The highest BCUT2D eigenvalue weighted by Crippen LogP contribution is 2.14. The van der Waals surface area contributed by atoms with Crippen LogP contribution in [0.3, 0.4) is 0 Å². The Bertz CT molecular complexity index is 273. The molecule has 11 heavy (non-hydrogen) atoms. The average Bonchev–Trinajstić information content (AvgIpc) is 1.97. The first-order valence-corrected chi connectivity index (χ1v) is 3.91. The van der Waals surface area contributed by atoms with Crippen LogP contribution in [0.1, 0.15) is 18.2 Å². The lowest BCUT2D eigenvalue weighted by Crippen LogP contribution is -2.30. The lowest BCUT2D eigenvalue weighted by atomic mass is 10.2. The van der Waals surface area contributed by atoms with E-state index in [1.807, 2.05) is 6.92 Å². The molecule has 0 saturated carbocycles. The van der Waals surface area contributed by atoms with Crippen molar-refractivity contribution in [1.82, 2.24) is 0 Å². The number of nitrogens with zero attached hydrogens (tertiary/aromatic N) is 1. The quantitative estimate of drug-likeness (QED) is 0.468. The van der Waals surface area contributed by atoms with Gasteiger partial charge >= 0.3 is 0 Å². The molecule has 0 saturated heterocycles. The number of aromatic nitrogens is 1. The first-order valence-electron chi connectivity index (χ1n) is 3.53. The Morgan fingerprint density at radius 1 is 1.64 bits per heavy atom. The van der Waals surface area contributed by atoms with E-state index in [0.29, 0.717) is 10.7 Å². The predicted octanol–water partition coefficient (Wildman–Crippen LogP) is 1.84. The van der Waals surface area contributed by atoms with Crippen LogP contribution in [0.2, 0.25) is 5.02 Å². The van der Waals surface area contributed by atoms with Crippen LogP contribution in [0.15, 0.2) is 12.3 Å². The minimum Gasteiger partial charge on any atom is -0.618 e. The van der Waals surface area contributed by atoms with Crippen molar-refractivity contribution >= 4 is 11.6 Å². The maximum Gasteiger partial charge on any atom is 0.191 e. The summed E-state index contributed by atoms with van der Waals surface area (Å²) in [5, 5.41) is 11.7. The molecule has 3 heteroatoms. The normalized spacial score (nSPS) is 10.1. The largest absolute Gasteiger partial charge is 0.618 e. The van der Waals surface area contributed by atoms with Crippen molar-refractivity contribution in [3.05, 3.63) is 33.8 Å². The van der Waals surface area contributed by atoms with E-state index >= 15 is 0 Å². The number of hydrogen-bond acceptors (Lipinski definition) is 1. The molecule has 0 aromatic carbocycles. The van der Waals surface area contributed by atoms with Crippen molar-refractivity contribution in [3.8, 4) is 0 Å². The zero-order valence-corrected chi connectivity index (χ0v) is 7.35. The van der Waals surface area contributed by atoms with Gasteiger partial charge in [0.05, 0.1) is 5.02 Å². The van der Waals surface area contributed by atoms with E-state index in [0.717, 1.165) is 16.7 Å². The molecule has 0 aliphatic heterocycles. The third-order valence-corrected chi connectivity index (χ3v) is 2.00. The molecule has 0 fully saturated rings. The average molecular weight is 172 g/mol. The van der Waals surface area contributed by atoms with Gasteiger partial charge in [-0.2, -0.15) is 4.73 Å². The lowest BCUT2D eigenvalue weighted by molar-refractivity contribution is -0.612. The van der Waals surface area contributed by atoms with E-state index in [1.54, 1.807) is 13.0 Å². The lowest BCUT2D eigenvalue weighted by Gasteiger charge is -2.03. The fourth-order valence-electron chi connectivity index (χ4n) is 0.905. The number of pyridine rings is 1. The molecule has 1 heterocycles. The molecule has 1 rings (SSSR count). The summed E-state index contributed by atoms with van der Waals surface area (Å²) in [6.45, 7) is 3.70. The highest BCUT2D eigenvalue weighted by atomic mass is 35.5. The Morgan fingerprint density at radius 2 is 2.27 bits per heavy atom. The van der Waals surface area contributed by atoms with Crippen LogP contribution in [-0.2, 0) is 6.42 Å². The Morgan fingerprint density at radius 3 is 2.82 bits per heavy atom. The molecular formula is C8H10ClNO. The first kappa shape index (κ1) is 8.34. The zero-order chi connectivity index (χ0) is 8.43. The Kier molecular flexibility index (Phi) is 2.35. The second-order valence-corrected chi connectivity index (χ2v) is 2.87. The highest BCUT2D eigenvalue weighted by Gasteiger charge is 2.05. The maximum atomic E-state index is 11.0.